The molecule has 2 aromatic rings. The van der Waals surface area contributed by atoms with E-state index in [1.165, 1.54) is 0 Å². The molecule has 0 atom stereocenters. The van der Waals surface area contributed by atoms with Crippen molar-refractivity contribution in [3.8, 4) is 0 Å². The van der Waals surface area contributed by atoms with Crippen molar-refractivity contribution in [2.24, 2.45) is 0 Å². The van der Waals surface area contributed by atoms with Gasteiger partial charge in [0.1, 0.15) is 0 Å². The molecule has 1 heterocycles. The predicted octanol–water partition coefficient (Wildman–Crippen LogP) is 4.60. The molecule has 7 heteroatoms. The van der Waals surface area contributed by atoms with Gasteiger partial charge >= 0.3 is 6.03 Å². The second-order valence-corrected chi connectivity index (χ2v) is 8.39. The van der Waals surface area contributed by atoms with Crippen LogP contribution in [0, 0.1) is 20.8 Å². The van der Waals surface area contributed by atoms with Crippen LogP contribution in [0.25, 0.3) is 0 Å². The number of ketones is 1. The molecule has 0 saturated carbocycles. The van der Waals surface area contributed by atoms with E-state index >= 15 is 0 Å². The number of hydrogen-bond donors (Lipinski definition) is 1. The maximum atomic E-state index is 12.5. The van der Waals surface area contributed by atoms with Crippen LogP contribution in [0.15, 0.2) is 36.4 Å². The van der Waals surface area contributed by atoms with E-state index in [0.717, 1.165) is 16.7 Å². The van der Waals surface area contributed by atoms with Gasteiger partial charge in [-0.15, -0.1) is 0 Å². The van der Waals surface area contributed by atoms with Crippen molar-refractivity contribution in [1.82, 2.24) is 9.80 Å². The van der Waals surface area contributed by atoms with Gasteiger partial charge in [-0.05, 0) is 55.7 Å². The van der Waals surface area contributed by atoms with Crippen molar-refractivity contribution < 1.29 is 14.4 Å². The van der Waals surface area contributed by atoms with E-state index in [4.69, 9.17) is 11.6 Å². The lowest BCUT2D eigenvalue weighted by molar-refractivity contribution is -0.132. The first-order valence-electron chi connectivity index (χ1n) is 10.4. The summed E-state index contributed by atoms with van der Waals surface area (Å²) >= 11 is 6.11. The molecule has 3 amide bonds. The van der Waals surface area contributed by atoms with E-state index in [9.17, 15) is 14.4 Å². The van der Waals surface area contributed by atoms with Crippen molar-refractivity contribution in [3.63, 3.8) is 0 Å². The van der Waals surface area contributed by atoms with E-state index in [1.807, 2.05) is 51.1 Å². The molecule has 2 aromatic carbocycles. The number of rotatable bonds is 5. The van der Waals surface area contributed by atoms with Gasteiger partial charge in [0.25, 0.3) is 0 Å². The predicted molar refractivity (Wildman–Crippen MR) is 123 cm³/mol. The molecule has 3 rings (SSSR count). The fourth-order valence-electron chi connectivity index (χ4n) is 3.47. The number of carbonyl (C=O) groups is 3. The zero-order valence-electron chi connectivity index (χ0n) is 18.2. The van der Waals surface area contributed by atoms with Crippen LogP contribution in [0.5, 0.6) is 0 Å². The zero-order chi connectivity index (χ0) is 22.5. The summed E-state index contributed by atoms with van der Waals surface area (Å²) in [5, 5.41) is 3.45. The molecule has 31 heavy (non-hydrogen) atoms. The van der Waals surface area contributed by atoms with Gasteiger partial charge in [-0.2, -0.15) is 0 Å². The largest absolute Gasteiger partial charge is 0.339 e. The van der Waals surface area contributed by atoms with E-state index in [2.05, 4.69) is 5.32 Å². The molecule has 6 nitrogen and oxygen atoms in total. The van der Waals surface area contributed by atoms with Crippen LogP contribution >= 0.6 is 11.6 Å². The summed E-state index contributed by atoms with van der Waals surface area (Å²) in [5.74, 6) is -0.0752. The fourth-order valence-corrected chi connectivity index (χ4v) is 3.65. The zero-order valence-corrected chi connectivity index (χ0v) is 19.0. The van der Waals surface area contributed by atoms with Crippen LogP contribution in [-0.2, 0) is 4.79 Å². The van der Waals surface area contributed by atoms with Gasteiger partial charge in [0.05, 0.1) is 0 Å². The van der Waals surface area contributed by atoms with E-state index in [1.54, 1.807) is 15.9 Å². The molecule has 0 aromatic heterocycles. The second kappa shape index (κ2) is 9.96. The van der Waals surface area contributed by atoms with Gasteiger partial charge in [0, 0.05) is 55.3 Å². The number of piperazine rings is 1. The van der Waals surface area contributed by atoms with Crippen LogP contribution in [0.4, 0.5) is 10.5 Å². The molecule has 0 aliphatic carbocycles. The SMILES string of the molecule is Cc1ccc(C(=O)CCC(=O)N2CCN(C(=O)Nc3ccc(C)c(Cl)c3)CC2)cc1C. The van der Waals surface area contributed by atoms with Gasteiger partial charge in [-0.25, -0.2) is 4.79 Å². The first-order valence-corrected chi connectivity index (χ1v) is 10.8. The number of Topliss-reactive ketones (excluding diaryl/α,β-unsaturated/α-hetero) is 1. The summed E-state index contributed by atoms with van der Waals surface area (Å²) < 4.78 is 0. The lowest BCUT2D eigenvalue weighted by Crippen LogP contribution is -2.51. The highest BCUT2D eigenvalue weighted by molar-refractivity contribution is 6.31. The highest BCUT2D eigenvalue weighted by Gasteiger charge is 2.24. The highest BCUT2D eigenvalue weighted by atomic mass is 35.5. The summed E-state index contributed by atoms with van der Waals surface area (Å²) in [6.07, 6.45) is 0.371. The molecule has 1 aliphatic heterocycles. The van der Waals surface area contributed by atoms with E-state index in [-0.39, 0.29) is 30.6 Å². The van der Waals surface area contributed by atoms with Crippen molar-refractivity contribution >= 4 is 35.0 Å². The number of nitrogens with one attached hydrogen (secondary N) is 1. The summed E-state index contributed by atoms with van der Waals surface area (Å²) in [6.45, 7) is 7.69. The van der Waals surface area contributed by atoms with Crippen LogP contribution in [0.3, 0.4) is 0 Å². The van der Waals surface area contributed by atoms with Crippen LogP contribution < -0.4 is 5.32 Å². The average Bonchev–Trinajstić information content (AvgIpc) is 2.76. The Balaban J connectivity index is 1.45. The molecule has 0 bridgehead atoms. The Bertz CT molecular complexity index is 998. The molecule has 0 radical (unpaired) electrons. The third kappa shape index (κ3) is 5.85. The number of nitrogens with zero attached hydrogens (tertiary/aromatic N) is 2. The number of benzene rings is 2. The summed E-state index contributed by atoms with van der Waals surface area (Å²) in [4.78, 5) is 40.8. The fraction of sp³-hybridized carbons (Fsp3) is 0.375. The van der Waals surface area contributed by atoms with E-state index in [0.29, 0.717) is 42.5 Å². The number of hydrogen-bond acceptors (Lipinski definition) is 3. The third-order valence-electron chi connectivity index (χ3n) is 5.74. The smallest absolute Gasteiger partial charge is 0.321 e. The lowest BCUT2D eigenvalue weighted by Gasteiger charge is -2.34. The standard InChI is InChI=1S/C24H28ClN3O3/c1-16-4-6-19(14-18(16)3)22(29)8-9-23(30)27-10-12-28(13-11-27)24(31)26-20-7-5-17(2)21(25)15-20/h4-7,14-15H,8-13H2,1-3H3,(H,26,31). The van der Waals surface area contributed by atoms with Crippen LogP contribution in [0.1, 0.15) is 39.9 Å². The third-order valence-corrected chi connectivity index (χ3v) is 6.14. The lowest BCUT2D eigenvalue weighted by atomic mass is 10.0. The van der Waals surface area contributed by atoms with Gasteiger partial charge < -0.3 is 15.1 Å². The molecule has 0 unspecified atom stereocenters. The summed E-state index contributed by atoms with van der Waals surface area (Å²) in [7, 11) is 0. The Kier molecular flexibility index (Phi) is 7.33. The van der Waals surface area contributed by atoms with Crippen molar-refractivity contribution in [2.45, 2.75) is 33.6 Å². The number of halogens is 1. The van der Waals surface area contributed by atoms with Crippen molar-refractivity contribution in [3.05, 3.63) is 63.7 Å². The first kappa shape index (κ1) is 22.8. The molecular formula is C24H28ClN3O3. The van der Waals surface area contributed by atoms with Crippen LogP contribution in [-0.4, -0.2) is 53.7 Å². The Labute approximate surface area is 188 Å². The Morgan fingerprint density at radius 3 is 2.13 bits per heavy atom. The molecule has 0 spiro atoms. The monoisotopic (exact) mass is 441 g/mol. The maximum absolute atomic E-state index is 12.5. The molecule has 1 fully saturated rings. The maximum Gasteiger partial charge on any atom is 0.321 e. The summed E-state index contributed by atoms with van der Waals surface area (Å²) in [5.41, 5.74) is 4.44. The number of carbonyl (C=O) groups excluding carboxylic acids is 3. The molecule has 164 valence electrons. The normalized spacial score (nSPS) is 13.8. The van der Waals surface area contributed by atoms with Gasteiger partial charge in [0.2, 0.25) is 5.91 Å². The van der Waals surface area contributed by atoms with Gasteiger partial charge in [0.15, 0.2) is 5.78 Å². The minimum Gasteiger partial charge on any atom is -0.339 e. The van der Waals surface area contributed by atoms with Gasteiger partial charge in [-0.3, -0.25) is 9.59 Å². The van der Waals surface area contributed by atoms with Crippen molar-refractivity contribution in [1.29, 1.82) is 0 Å². The quantitative estimate of drug-likeness (QED) is 0.689. The number of anilines is 1. The Hall–Kier alpha value is -2.86. The van der Waals surface area contributed by atoms with Crippen molar-refractivity contribution in [2.75, 3.05) is 31.5 Å². The topological polar surface area (TPSA) is 69.7 Å². The highest BCUT2D eigenvalue weighted by Crippen LogP contribution is 2.20. The van der Waals surface area contributed by atoms with Crippen LogP contribution in [0.2, 0.25) is 5.02 Å². The van der Waals surface area contributed by atoms with Gasteiger partial charge in [-0.1, -0.05) is 29.8 Å². The number of amides is 3. The molecule has 1 saturated heterocycles. The molecule has 1 N–H and O–H groups in total. The Morgan fingerprint density at radius 2 is 1.48 bits per heavy atom. The first-order chi connectivity index (χ1) is 14.7. The molecular weight excluding hydrogens is 414 g/mol. The second-order valence-electron chi connectivity index (χ2n) is 7.98. The minimum atomic E-state index is -0.211. The van der Waals surface area contributed by atoms with E-state index < -0.39 is 0 Å². The number of aryl methyl sites for hydroxylation is 3. The minimum absolute atomic E-state index is 0.0220. The Morgan fingerprint density at radius 1 is 0.839 bits per heavy atom. The average molecular weight is 442 g/mol. The molecule has 1 aliphatic rings. The summed E-state index contributed by atoms with van der Waals surface area (Å²) in [6, 6.07) is 10.8. The number of urea groups is 1.